The van der Waals surface area contributed by atoms with Gasteiger partial charge in [-0.1, -0.05) is 23.7 Å². The van der Waals surface area contributed by atoms with Crippen LogP contribution in [0.1, 0.15) is 24.5 Å². The van der Waals surface area contributed by atoms with E-state index in [4.69, 9.17) is 16.3 Å². The van der Waals surface area contributed by atoms with Crippen LogP contribution in [0.4, 0.5) is 0 Å². The maximum absolute atomic E-state index is 6.15. The number of ether oxygens (including phenoxy) is 1. The summed E-state index contributed by atoms with van der Waals surface area (Å²) in [5, 5.41) is 4.27. The molecule has 0 heterocycles. The van der Waals surface area contributed by atoms with Gasteiger partial charge in [0.25, 0.3) is 0 Å². The lowest BCUT2D eigenvalue weighted by molar-refractivity contribution is 0.184. The van der Waals surface area contributed by atoms with Gasteiger partial charge in [-0.05, 0) is 37.5 Å². The molecule has 1 aromatic carbocycles. The topological polar surface area (TPSA) is 21.3 Å². The molecule has 0 aliphatic heterocycles. The molecule has 0 fully saturated rings. The third kappa shape index (κ3) is 4.52. The number of aryl methyl sites for hydroxylation is 1. The summed E-state index contributed by atoms with van der Waals surface area (Å²) in [7, 11) is 1.73. The van der Waals surface area contributed by atoms with Gasteiger partial charge in [0.15, 0.2) is 0 Å². The smallest absolute Gasteiger partial charge is 0.0476 e. The van der Waals surface area contributed by atoms with Crippen LogP contribution in [0, 0.1) is 6.92 Å². The van der Waals surface area contributed by atoms with Gasteiger partial charge in [0.2, 0.25) is 0 Å². The summed E-state index contributed by atoms with van der Waals surface area (Å²) in [6, 6.07) is 6.60. The molecule has 0 amide bonds. The summed E-state index contributed by atoms with van der Waals surface area (Å²) in [5.41, 5.74) is 2.35. The Labute approximate surface area is 103 Å². The lowest BCUT2D eigenvalue weighted by atomic mass is 10.1. The zero-order valence-electron chi connectivity index (χ0n) is 10.2. The number of hydrogen-bond acceptors (Lipinski definition) is 2. The van der Waals surface area contributed by atoms with E-state index in [0.717, 1.165) is 30.2 Å². The predicted octanol–water partition coefficient (Wildman–Crippen LogP) is 3.16. The summed E-state index contributed by atoms with van der Waals surface area (Å²) >= 11 is 6.15. The highest BCUT2D eigenvalue weighted by Crippen LogP contribution is 2.17. The first-order chi connectivity index (χ1) is 7.63. The minimum Gasteiger partial charge on any atom is -0.385 e. The van der Waals surface area contributed by atoms with Gasteiger partial charge < -0.3 is 10.1 Å². The maximum Gasteiger partial charge on any atom is 0.0476 e. The fraction of sp³-hybridized carbons (Fsp3) is 0.538. The zero-order valence-corrected chi connectivity index (χ0v) is 11.0. The number of nitrogens with one attached hydrogen (secondary N) is 1. The van der Waals surface area contributed by atoms with Gasteiger partial charge in [-0.3, -0.25) is 0 Å². The van der Waals surface area contributed by atoms with Crippen LogP contribution in [-0.4, -0.2) is 19.8 Å². The molecule has 0 aliphatic carbocycles. The SMILES string of the molecule is COCCC(C)NCc1ccc(C)cc1Cl. The van der Waals surface area contributed by atoms with E-state index in [1.54, 1.807) is 7.11 Å². The van der Waals surface area contributed by atoms with E-state index >= 15 is 0 Å². The van der Waals surface area contributed by atoms with Gasteiger partial charge in [-0.25, -0.2) is 0 Å². The van der Waals surface area contributed by atoms with E-state index in [-0.39, 0.29) is 0 Å². The van der Waals surface area contributed by atoms with Crippen molar-refractivity contribution in [3.63, 3.8) is 0 Å². The van der Waals surface area contributed by atoms with Crippen LogP contribution in [0.5, 0.6) is 0 Å². The van der Waals surface area contributed by atoms with Crippen molar-refractivity contribution < 1.29 is 4.74 Å². The molecule has 0 saturated heterocycles. The Hall–Kier alpha value is -0.570. The molecule has 2 nitrogen and oxygen atoms in total. The molecule has 90 valence electrons. The normalized spacial score (nSPS) is 12.8. The summed E-state index contributed by atoms with van der Waals surface area (Å²) < 4.78 is 5.04. The summed E-state index contributed by atoms with van der Waals surface area (Å²) in [4.78, 5) is 0. The summed E-state index contributed by atoms with van der Waals surface area (Å²) in [5.74, 6) is 0. The van der Waals surface area contributed by atoms with E-state index in [1.165, 1.54) is 5.56 Å². The van der Waals surface area contributed by atoms with Crippen molar-refractivity contribution in [3.8, 4) is 0 Å². The van der Waals surface area contributed by atoms with Crippen LogP contribution in [0.3, 0.4) is 0 Å². The van der Waals surface area contributed by atoms with Crippen molar-refractivity contribution in [2.75, 3.05) is 13.7 Å². The quantitative estimate of drug-likeness (QED) is 0.826. The second-order valence-electron chi connectivity index (χ2n) is 4.16. The van der Waals surface area contributed by atoms with Crippen LogP contribution in [0.25, 0.3) is 0 Å². The van der Waals surface area contributed by atoms with Crippen molar-refractivity contribution in [2.24, 2.45) is 0 Å². The molecule has 1 N–H and O–H groups in total. The van der Waals surface area contributed by atoms with E-state index in [2.05, 4.69) is 24.4 Å². The largest absolute Gasteiger partial charge is 0.385 e. The number of halogens is 1. The fourth-order valence-corrected chi connectivity index (χ4v) is 1.78. The fourth-order valence-electron chi connectivity index (χ4n) is 1.48. The molecule has 0 saturated carbocycles. The summed E-state index contributed by atoms with van der Waals surface area (Å²) in [6.45, 7) is 5.80. The van der Waals surface area contributed by atoms with E-state index in [1.807, 2.05) is 13.0 Å². The van der Waals surface area contributed by atoms with Crippen molar-refractivity contribution >= 4 is 11.6 Å². The van der Waals surface area contributed by atoms with Crippen LogP contribution in [-0.2, 0) is 11.3 Å². The number of hydrogen-bond donors (Lipinski definition) is 1. The molecule has 1 aromatic rings. The second kappa shape index (κ2) is 6.89. The van der Waals surface area contributed by atoms with Crippen molar-refractivity contribution in [2.45, 2.75) is 32.9 Å². The van der Waals surface area contributed by atoms with Crippen molar-refractivity contribution in [1.29, 1.82) is 0 Å². The minimum atomic E-state index is 0.442. The van der Waals surface area contributed by atoms with Gasteiger partial charge >= 0.3 is 0 Å². The Morgan fingerprint density at radius 3 is 2.81 bits per heavy atom. The molecule has 16 heavy (non-hydrogen) atoms. The molecule has 1 unspecified atom stereocenters. The monoisotopic (exact) mass is 241 g/mol. The van der Waals surface area contributed by atoms with Gasteiger partial charge in [0, 0.05) is 31.3 Å². The molecule has 1 rings (SSSR count). The molecular formula is C13H20ClNO. The first-order valence-electron chi connectivity index (χ1n) is 5.61. The maximum atomic E-state index is 6.15. The minimum absolute atomic E-state index is 0.442. The standard InChI is InChI=1S/C13H20ClNO/c1-10-4-5-12(13(14)8-10)9-15-11(2)6-7-16-3/h4-5,8,11,15H,6-7,9H2,1-3H3. The Balaban J connectivity index is 2.42. The van der Waals surface area contributed by atoms with Crippen LogP contribution in [0.15, 0.2) is 18.2 Å². The highest BCUT2D eigenvalue weighted by Gasteiger charge is 2.04. The van der Waals surface area contributed by atoms with Crippen LogP contribution in [0.2, 0.25) is 5.02 Å². The molecule has 0 spiro atoms. The number of benzene rings is 1. The Kier molecular flexibility index (Phi) is 5.81. The Morgan fingerprint density at radius 2 is 2.19 bits per heavy atom. The van der Waals surface area contributed by atoms with Gasteiger partial charge in [0.05, 0.1) is 0 Å². The number of rotatable bonds is 6. The molecule has 3 heteroatoms. The Morgan fingerprint density at radius 1 is 1.44 bits per heavy atom. The molecular weight excluding hydrogens is 222 g/mol. The molecule has 0 radical (unpaired) electrons. The van der Waals surface area contributed by atoms with Crippen molar-refractivity contribution in [1.82, 2.24) is 5.32 Å². The third-order valence-corrected chi connectivity index (χ3v) is 2.96. The first kappa shape index (κ1) is 13.5. The zero-order chi connectivity index (χ0) is 12.0. The van der Waals surface area contributed by atoms with E-state index in [0.29, 0.717) is 6.04 Å². The average molecular weight is 242 g/mol. The average Bonchev–Trinajstić information content (AvgIpc) is 2.25. The lowest BCUT2D eigenvalue weighted by Crippen LogP contribution is -2.26. The van der Waals surface area contributed by atoms with Gasteiger partial charge in [0.1, 0.15) is 0 Å². The third-order valence-electron chi connectivity index (χ3n) is 2.60. The second-order valence-corrected chi connectivity index (χ2v) is 4.57. The lowest BCUT2D eigenvalue weighted by Gasteiger charge is -2.14. The molecule has 0 bridgehead atoms. The molecule has 1 atom stereocenters. The van der Waals surface area contributed by atoms with E-state index in [9.17, 15) is 0 Å². The first-order valence-corrected chi connectivity index (χ1v) is 5.98. The van der Waals surface area contributed by atoms with Gasteiger partial charge in [-0.2, -0.15) is 0 Å². The van der Waals surface area contributed by atoms with Gasteiger partial charge in [-0.15, -0.1) is 0 Å². The highest BCUT2D eigenvalue weighted by molar-refractivity contribution is 6.31. The predicted molar refractivity (Wildman–Crippen MR) is 69.0 cm³/mol. The molecule has 0 aromatic heterocycles. The number of methoxy groups -OCH3 is 1. The molecule has 0 aliphatic rings. The summed E-state index contributed by atoms with van der Waals surface area (Å²) in [6.07, 6.45) is 1.01. The van der Waals surface area contributed by atoms with E-state index < -0.39 is 0 Å². The Bertz CT molecular complexity index is 328. The highest BCUT2D eigenvalue weighted by atomic mass is 35.5. The van der Waals surface area contributed by atoms with Crippen molar-refractivity contribution in [3.05, 3.63) is 34.3 Å². The van der Waals surface area contributed by atoms with Crippen LogP contribution >= 0.6 is 11.6 Å². The van der Waals surface area contributed by atoms with Crippen LogP contribution < -0.4 is 5.32 Å².